The summed E-state index contributed by atoms with van der Waals surface area (Å²) >= 11 is 16.8. The third-order valence-corrected chi connectivity index (χ3v) is 29.7. The molecule has 0 aliphatic carbocycles. The Morgan fingerprint density at radius 3 is 1.05 bits per heavy atom. The number of hydrogen-bond acceptors (Lipinski definition) is 28. The number of nitrogens with one attached hydrogen (secondary N) is 9. The largest absolute Gasteiger partial charge is 0.496 e. The zero-order valence-corrected chi connectivity index (χ0v) is 100. The van der Waals surface area contributed by atoms with Gasteiger partial charge in [-0.15, -0.1) is 0 Å². The topological polar surface area (TPSA) is 411 Å². The average Bonchev–Trinajstić information content (AvgIpc) is 0.795. The number of ether oxygens (including phenoxy) is 17. The Kier molecular flexibility index (Phi) is 58.7. The van der Waals surface area contributed by atoms with E-state index in [1.54, 1.807) is 93.0 Å². The third-order valence-electron chi connectivity index (χ3n) is 22.5. The monoisotopic (exact) mass is 2950 g/mol. The van der Waals surface area contributed by atoms with E-state index in [2.05, 4.69) is 158 Å². The van der Waals surface area contributed by atoms with Gasteiger partial charge < -0.3 is 115 Å². The van der Waals surface area contributed by atoms with Crippen LogP contribution in [0.2, 0.25) is 0 Å². The average molecular weight is 2950 g/mol. The molecule has 0 radical (unpaired) electrons. The first kappa shape index (κ1) is 125. The van der Waals surface area contributed by atoms with Gasteiger partial charge in [0.1, 0.15) is 188 Å². The second-order valence-electron chi connectivity index (χ2n) is 34.5. The zero-order valence-electron chi connectivity index (χ0n) is 83.2. The molecule has 7 aromatic rings. The van der Waals surface area contributed by atoms with Crippen LogP contribution in [0.3, 0.4) is 0 Å². The van der Waals surface area contributed by atoms with Gasteiger partial charge in [-0.3, -0.25) is 25.1 Å². The number of halogens is 8. The number of anilines is 4. The Balaban J connectivity index is 0.000000216. The molecule has 802 valence electrons. The van der Waals surface area contributed by atoms with Crippen LogP contribution in [0.1, 0.15) is 102 Å². The lowest BCUT2D eigenvalue weighted by atomic mass is 10.2. The highest BCUT2D eigenvalue weighted by Crippen LogP contribution is 2.34. The molecule has 0 aromatic heterocycles. The molecule has 6 fully saturated rings. The van der Waals surface area contributed by atoms with Gasteiger partial charge in [-0.05, 0) is 304 Å². The standard InChI is InChI=1S/C21H23IN2O5.C19H27IN2O5.C17H21IN2O5.C15H17I3N2O4.C15H18INO5.C14H18INO4/c22-18-14-17(20(25)28-13-10-24-8-11-27-12-9-24)6-7-19(18)23-21(26)29-15-16-4-2-1-3-5-16;1-19(2,3)27-18(24)21(4)16-6-5-14(13-15(16)20)17(23)26-12-9-22-7-10-25-11-8-22;1-2-8-25-17(22)19-15-4-3-13(12-14(15)18)16(21)24-11-7-20-5-9-23-10-6-20;1-9(21)19-14-11(17)8-10(16)12(13(14)18)15(22)24-7-4-20-2-5-23-6-3-20;1-11(18)22-14-10-12(2-3-13(14)16)15(19)21-9-6-17-4-7-20-8-5-17;1-18-13-10-11(2-3-12(13)15)14(17)20-9-6-16-4-7-19-8-5-16/h1-7,14H,8-13,15H2,(H,23,26);5-6,13H,7-12H2,1-4H3;2-4,12H,1,5-11H2,(H,19,22);8H,2-7H2,1H3,(H,19,21);2-3,10H,4-9H2,1H3;2-3,10H,4-9H2,1H3/p+6. The molecule has 7 aromatic carbocycles. The molecule has 6 heterocycles. The fourth-order valence-electron chi connectivity index (χ4n) is 14.4. The van der Waals surface area contributed by atoms with Crippen LogP contribution in [-0.2, 0) is 87.2 Å². The van der Waals surface area contributed by atoms with Crippen LogP contribution in [0.5, 0.6) is 11.5 Å². The number of methoxy groups -OCH3 is 1. The van der Waals surface area contributed by atoms with Gasteiger partial charge in [-0.2, -0.15) is 0 Å². The van der Waals surface area contributed by atoms with E-state index in [1.807, 2.05) is 108 Å². The van der Waals surface area contributed by atoms with E-state index < -0.39 is 35.8 Å². The number of morpholine rings is 6. The summed E-state index contributed by atoms with van der Waals surface area (Å²) < 4.78 is 96.1. The fraction of sp³-hybridized carbons (Fsp3) is 0.455. The quantitative estimate of drug-likeness (QED) is 0.00636. The first-order chi connectivity index (χ1) is 70.5. The molecule has 46 heteroatoms. The van der Waals surface area contributed by atoms with Gasteiger partial charge in [0.25, 0.3) is 0 Å². The maximum Gasteiger partial charge on any atom is 0.414 e. The SMILES string of the molecule is C=CCOC(=O)Nc1ccc(C(=O)OCC[NH+]2CCOCC2)cc1I.CC(=O)Nc1c(I)cc(I)c(C(=O)OCC[NH+]2CCOCC2)c1I.CC(=O)Oc1cc(C(=O)OCC[NH+]2CCOCC2)ccc1I.CN(C(=O)OC(C)(C)C)c1ccc(C(=O)OCC[NH+]2CCOCC2)cc1I.COc1cc(C(=O)OCC[NH+]2CCOCC2)ccc1I.O=C(Nc1ccc(C(=O)OCC[NH+]2CCOCC2)cc1I)OCc1ccccc1. The van der Waals surface area contributed by atoms with Crippen LogP contribution in [0.25, 0.3) is 0 Å². The Morgan fingerprint density at radius 2 is 0.714 bits per heavy atom. The minimum absolute atomic E-state index is 0.137. The molecule has 4 amide bonds. The summed E-state index contributed by atoms with van der Waals surface area (Å²) in [6.07, 6.45) is -0.0658. The number of rotatable bonds is 34. The first-order valence-corrected chi connectivity index (χ1v) is 56.3. The lowest BCUT2D eigenvalue weighted by Gasteiger charge is -2.25. The number of benzene rings is 7. The molecule has 0 bridgehead atoms. The fourth-order valence-corrected chi connectivity index (χ4v) is 21.6. The predicted molar refractivity (Wildman–Crippen MR) is 613 cm³/mol. The molecule has 0 atom stereocenters. The molecule has 0 unspecified atom stereocenters. The molecule has 0 saturated carbocycles. The van der Waals surface area contributed by atoms with Gasteiger partial charge in [0.05, 0.1) is 153 Å². The maximum atomic E-state index is 12.5. The van der Waals surface area contributed by atoms with Crippen molar-refractivity contribution in [2.24, 2.45) is 0 Å². The highest BCUT2D eigenvalue weighted by molar-refractivity contribution is 14.1. The summed E-state index contributed by atoms with van der Waals surface area (Å²) in [4.78, 5) is 141. The van der Waals surface area contributed by atoms with Crippen LogP contribution in [0, 0.1) is 28.6 Å². The Hall–Kier alpha value is -6.99. The first-order valence-electron chi connectivity index (χ1n) is 47.7. The Labute approximate surface area is 965 Å². The van der Waals surface area contributed by atoms with Crippen molar-refractivity contribution in [2.45, 2.75) is 46.8 Å². The Morgan fingerprint density at radius 1 is 0.381 bits per heavy atom. The minimum Gasteiger partial charge on any atom is -0.496 e. The summed E-state index contributed by atoms with van der Waals surface area (Å²) in [5.74, 6) is -1.65. The Bertz CT molecular complexity index is 5430. The highest BCUT2D eigenvalue weighted by atomic mass is 127. The van der Waals surface area contributed by atoms with Crippen LogP contribution in [0.4, 0.5) is 37.1 Å². The van der Waals surface area contributed by atoms with E-state index in [0.29, 0.717) is 111 Å². The molecule has 13 rings (SSSR count). The molecule has 0 spiro atoms. The van der Waals surface area contributed by atoms with E-state index >= 15 is 0 Å². The molecule has 9 N–H and O–H groups in total. The molecular formula is C101H130I8N10O28+6. The molecule has 38 nitrogen and oxygen atoms in total. The number of quaternary nitrogens is 6. The van der Waals surface area contributed by atoms with Gasteiger partial charge in [-0.1, -0.05) is 43.0 Å². The maximum absolute atomic E-state index is 12.5. The second kappa shape index (κ2) is 68.9. The van der Waals surface area contributed by atoms with E-state index in [0.717, 1.165) is 228 Å². The number of carbonyl (C=O) groups excluding carboxylic acids is 11. The van der Waals surface area contributed by atoms with E-state index in [1.165, 1.54) is 60.3 Å². The van der Waals surface area contributed by atoms with Crippen molar-refractivity contribution in [3.05, 3.63) is 208 Å². The molecule has 147 heavy (non-hydrogen) atoms. The van der Waals surface area contributed by atoms with E-state index in [4.69, 9.17) is 80.5 Å². The van der Waals surface area contributed by atoms with Crippen molar-refractivity contribution < 1.29 is 163 Å². The van der Waals surface area contributed by atoms with Crippen molar-refractivity contribution >= 4 is 269 Å². The van der Waals surface area contributed by atoms with Crippen molar-refractivity contribution in [1.29, 1.82) is 0 Å². The van der Waals surface area contributed by atoms with Crippen molar-refractivity contribution in [1.82, 2.24) is 0 Å². The van der Waals surface area contributed by atoms with Crippen molar-refractivity contribution in [3.8, 4) is 11.5 Å². The van der Waals surface area contributed by atoms with Crippen LogP contribution < -0.4 is 59.7 Å². The highest BCUT2D eigenvalue weighted by Gasteiger charge is 2.29. The van der Waals surface area contributed by atoms with E-state index in [9.17, 15) is 52.7 Å². The summed E-state index contributed by atoms with van der Waals surface area (Å²) in [5.41, 5.74) is 5.64. The molecule has 6 aliphatic heterocycles. The second-order valence-corrected chi connectivity index (χ2v) is 43.7. The zero-order chi connectivity index (χ0) is 107. The number of hydrogen-bond donors (Lipinski definition) is 9. The van der Waals surface area contributed by atoms with Crippen LogP contribution in [-0.4, -0.2) is 329 Å². The van der Waals surface area contributed by atoms with Gasteiger partial charge in [0.15, 0.2) is 0 Å². The third kappa shape index (κ3) is 47.7. The summed E-state index contributed by atoms with van der Waals surface area (Å²) in [5, 5.41) is 8.10. The summed E-state index contributed by atoms with van der Waals surface area (Å²) in [7, 11) is 3.24. The number of nitrogens with zero attached hydrogens (tertiary/aromatic N) is 1. The number of amides is 4. The minimum atomic E-state index is -0.568. The van der Waals surface area contributed by atoms with Gasteiger partial charge in [-0.25, -0.2) is 43.2 Å². The molecule has 6 saturated heterocycles. The molecule has 6 aliphatic rings. The smallest absolute Gasteiger partial charge is 0.414 e. The predicted octanol–water partition coefficient (Wildman–Crippen LogP) is 7.13. The van der Waals surface area contributed by atoms with Crippen LogP contribution >= 0.6 is 181 Å². The van der Waals surface area contributed by atoms with Crippen LogP contribution in [0.15, 0.2) is 140 Å². The van der Waals surface area contributed by atoms with E-state index in [-0.39, 0.29) is 49.0 Å². The normalized spacial score (nSPS) is 15.0. The van der Waals surface area contributed by atoms with Gasteiger partial charge >= 0.3 is 60.1 Å². The van der Waals surface area contributed by atoms with Crippen molar-refractivity contribution in [2.75, 3.05) is 278 Å². The lowest BCUT2D eigenvalue weighted by molar-refractivity contribution is -0.908. The lowest BCUT2D eigenvalue weighted by Crippen LogP contribution is -3.14. The molecular weight excluding hydrogens is 2820 g/mol. The summed E-state index contributed by atoms with van der Waals surface area (Å²) in [6.45, 7) is 39.6. The summed E-state index contributed by atoms with van der Waals surface area (Å²) in [6, 6.07) is 36.7. The van der Waals surface area contributed by atoms with Crippen molar-refractivity contribution in [3.63, 3.8) is 0 Å². The van der Waals surface area contributed by atoms with Gasteiger partial charge in [0, 0.05) is 38.7 Å². The number of esters is 7. The number of carbonyl (C=O) groups is 11. The van der Waals surface area contributed by atoms with Gasteiger partial charge in [0.2, 0.25) is 5.91 Å².